The van der Waals surface area contributed by atoms with Crippen LogP contribution in [0.25, 0.3) is 0 Å². The van der Waals surface area contributed by atoms with Gasteiger partial charge >= 0.3 is 17.8 Å². The van der Waals surface area contributed by atoms with E-state index in [0.29, 0.717) is 32.6 Å². The lowest BCUT2D eigenvalue weighted by Crippen LogP contribution is -2.32. The van der Waals surface area contributed by atoms with E-state index in [9.17, 15) is 14.4 Å². The average molecular weight is 514 g/mol. The van der Waals surface area contributed by atoms with Gasteiger partial charge in [0.1, 0.15) is 0 Å². The normalized spacial score (nSPS) is 10.9. The van der Waals surface area contributed by atoms with Gasteiger partial charge in [-0.25, -0.2) is 10.2 Å². The van der Waals surface area contributed by atoms with Gasteiger partial charge in [-0.05, 0) is 62.4 Å². The van der Waals surface area contributed by atoms with Crippen molar-refractivity contribution >= 4 is 52.4 Å². The zero-order valence-corrected chi connectivity index (χ0v) is 20.5. The third kappa shape index (κ3) is 7.05. The van der Waals surface area contributed by atoms with Crippen LogP contribution >= 0.6 is 23.2 Å². The van der Waals surface area contributed by atoms with Crippen LogP contribution in [-0.4, -0.2) is 30.6 Å². The Morgan fingerprint density at radius 2 is 1.57 bits per heavy atom. The van der Waals surface area contributed by atoms with Gasteiger partial charge in [0.2, 0.25) is 0 Å². The summed E-state index contributed by atoms with van der Waals surface area (Å²) < 4.78 is 10.8. The number of hydrogen-bond acceptors (Lipinski definition) is 6. The Labute approximate surface area is 211 Å². The molecule has 8 nitrogen and oxygen atoms in total. The number of anilines is 1. The van der Waals surface area contributed by atoms with Crippen LogP contribution in [0.15, 0.2) is 65.8 Å². The maximum absolute atomic E-state index is 12.5. The molecule has 0 radical (unpaired) electrons. The summed E-state index contributed by atoms with van der Waals surface area (Å²) >= 11 is 11.8. The van der Waals surface area contributed by atoms with Crippen molar-refractivity contribution in [3.63, 3.8) is 0 Å². The zero-order chi connectivity index (χ0) is 25.5. The Kier molecular flexibility index (Phi) is 8.46. The number of nitrogens with zero attached hydrogens (tertiary/aromatic N) is 1. The molecule has 0 heterocycles. The Morgan fingerprint density at radius 3 is 2.23 bits per heavy atom. The van der Waals surface area contributed by atoms with E-state index in [4.69, 9.17) is 32.7 Å². The SMILES string of the molecule is COc1cc(/C(C)=N/NC(=O)C(=O)Nc2cc(Cl)cc(Cl)c2)ccc1OC(=O)c1cccc(C)c1. The summed E-state index contributed by atoms with van der Waals surface area (Å²) in [5.74, 6) is -1.95. The van der Waals surface area contributed by atoms with E-state index in [1.807, 2.05) is 13.0 Å². The number of carbonyl (C=O) groups is 3. The van der Waals surface area contributed by atoms with Crippen LogP contribution in [0.2, 0.25) is 10.0 Å². The molecular weight excluding hydrogens is 493 g/mol. The minimum absolute atomic E-state index is 0.221. The number of carbonyl (C=O) groups excluding carboxylic acids is 3. The molecule has 35 heavy (non-hydrogen) atoms. The maximum atomic E-state index is 12.5. The molecule has 0 saturated heterocycles. The van der Waals surface area contributed by atoms with E-state index in [1.165, 1.54) is 25.3 Å². The van der Waals surface area contributed by atoms with Crippen LogP contribution in [0.3, 0.4) is 0 Å². The van der Waals surface area contributed by atoms with Crippen molar-refractivity contribution in [3.05, 3.63) is 87.4 Å². The topological polar surface area (TPSA) is 106 Å². The van der Waals surface area contributed by atoms with Crippen molar-refractivity contribution < 1.29 is 23.9 Å². The monoisotopic (exact) mass is 513 g/mol. The van der Waals surface area contributed by atoms with Gasteiger partial charge in [0.05, 0.1) is 18.4 Å². The Bertz CT molecular complexity index is 1300. The molecule has 0 aliphatic rings. The minimum Gasteiger partial charge on any atom is -0.493 e. The van der Waals surface area contributed by atoms with Crippen molar-refractivity contribution in [1.29, 1.82) is 0 Å². The number of hydrogen-bond donors (Lipinski definition) is 2. The molecule has 0 bridgehead atoms. The third-order valence-electron chi connectivity index (χ3n) is 4.69. The molecule has 0 atom stereocenters. The molecule has 0 spiro atoms. The van der Waals surface area contributed by atoms with Gasteiger partial charge < -0.3 is 14.8 Å². The summed E-state index contributed by atoms with van der Waals surface area (Å²) in [6.07, 6.45) is 0. The number of esters is 1. The summed E-state index contributed by atoms with van der Waals surface area (Å²) in [6, 6.07) is 16.2. The molecule has 3 rings (SSSR count). The van der Waals surface area contributed by atoms with Gasteiger partial charge in [-0.1, -0.05) is 40.9 Å². The highest BCUT2D eigenvalue weighted by atomic mass is 35.5. The summed E-state index contributed by atoms with van der Waals surface area (Å²) in [5.41, 5.74) is 4.75. The molecule has 0 unspecified atom stereocenters. The number of amides is 2. The maximum Gasteiger partial charge on any atom is 0.343 e. The van der Waals surface area contributed by atoms with Gasteiger partial charge in [-0.2, -0.15) is 5.10 Å². The molecule has 3 aromatic rings. The summed E-state index contributed by atoms with van der Waals surface area (Å²) in [5, 5.41) is 6.96. The lowest BCUT2D eigenvalue weighted by atomic mass is 10.1. The quantitative estimate of drug-likeness (QED) is 0.158. The van der Waals surface area contributed by atoms with E-state index in [0.717, 1.165) is 5.56 Å². The number of halogens is 2. The van der Waals surface area contributed by atoms with Gasteiger partial charge in [0, 0.05) is 21.3 Å². The second-order valence-electron chi connectivity index (χ2n) is 7.38. The van der Waals surface area contributed by atoms with Gasteiger partial charge in [-0.15, -0.1) is 0 Å². The van der Waals surface area contributed by atoms with E-state index >= 15 is 0 Å². The first-order valence-corrected chi connectivity index (χ1v) is 11.0. The molecule has 0 aromatic heterocycles. The van der Waals surface area contributed by atoms with E-state index in [-0.39, 0.29) is 11.4 Å². The predicted molar refractivity (Wildman–Crippen MR) is 135 cm³/mol. The van der Waals surface area contributed by atoms with Crippen LogP contribution in [-0.2, 0) is 9.59 Å². The van der Waals surface area contributed by atoms with E-state index < -0.39 is 17.8 Å². The molecule has 0 aliphatic carbocycles. The van der Waals surface area contributed by atoms with Crippen LogP contribution in [0.1, 0.15) is 28.4 Å². The molecule has 0 fully saturated rings. The largest absolute Gasteiger partial charge is 0.493 e. The fourth-order valence-corrected chi connectivity index (χ4v) is 3.50. The van der Waals surface area contributed by atoms with Crippen molar-refractivity contribution in [2.75, 3.05) is 12.4 Å². The Balaban J connectivity index is 1.67. The number of methoxy groups -OCH3 is 1. The van der Waals surface area contributed by atoms with Crippen LogP contribution < -0.4 is 20.2 Å². The first-order valence-electron chi connectivity index (χ1n) is 10.2. The number of benzene rings is 3. The van der Waals surface area contributed by atoms with Crippen LogP contribution in [0.5, 0.6) is 11.5 Å². The van der Waals surface area contributed by atoms with Crippen molar-refractivity contribution in [1.82, 2.24) is 5.43 Å². The highest BCUT2D eigenvalue weighted by molar-refractivity contribution is 6.40. The number of aryl methyl sites for hydroxylation is 1. The first kappa shape index (κ1) is 25.7. The first-order chi connectivity index (χ1) is 16.7. The Morgan fingerprint density at radius 1 is 0.857 bits per heavy atom. The Hall–Kier alpha value is -3.88. The number of hydrazone groups is 1. The van der Waals surface area contributed by atoms with Crippen molar-refractivity contribution in [2.24, 2.45) is 5.10 Å². The molecule has 3 aromatic carbocycles. The molecule has 0 aliphatic heterocycles. The van der Waals surface area contributed by atoms with Gasteiger partial charge in [0.25, 0.3) is 0 Å². The highest BCUT2D eigenvalue weighted by Crippen LogP contribution is 2.29. The second-order valence-corrected chi connectivity index (χ2v) is 8.25. The number of nitrogens with one attached hydrogen (secondary N) is 2. The van der Waals surface area contributed by atoms with Crippen molar-refractivity contribution in [3.8, 4) is 11.5 Å². The van der Waals surface area contributed by atoms with Crippen molar-refractivity contribution in [2.45, 2.75) is 13.8 Å². The van der Waals surface area contributed by atoms with Gasteiger partial charge in [0.15, 0.2) is 11.5 Å². The fourth-order valence-electron chi connectivity index (χ4n) is 2.97. The molecule has 10 heteroatoms. The van der Waals surface area contributed by atoms with Gasteiger partial charge in [-0.3, -0.25) is 9.59 Å². The fraction of sp³-hybridized carbons (Fsp3) is 0.120. The summed E-state index contributed by atoms with van der Waals surface area (Å²) in [4.78, 5) is 36.7. The smallest absolute Gasteiger partial charge is 0.343 e. The second kappa shape index (κ2) is 11.5. The third-order valence-corrected chi connectivity index (χ3v) is 5.13. The minimum atomic E-state index is -0.990. The van der Waals surface area contributed by atoms with Crippen LogP contribution in [0, 0.1) is 6.92 Å². The lowest BCUT2D eigenvalue weighted by molar-refractivity contribution is -0.136. The zero-order valence-electron chi connectivity index (χ0n) is 19.0. The molecule has 2 N–H and O–H groups in total. The average Bonchev–Trinajstić information content (AvgIpc) is 2.81. The predicted octanol–water partition coefficient (Wildman–Crippen LogP) is 5.01. The lowest BCUT2D eigenvalue weighted by Gasteiger charge is -2.11. The molecule has 180 valence electrons. The summed E-state index contributed by atoms with van der Waals surface area (Å²) in [7, 11) is 1.43. The number of rotatable bonds is 6. The standard InChI is InChI=1S/C25H21Cl2N3O5/c1-14-5-4-6-17(9-14)25(33)35-21-8-7-16(10-22(21)34-3)15(2)29-30-24(32)23(31)28-20-12-18(26)11-19(27)13-20/h4-13H,1-3H3,(H,28,31)(H,30,32)/b29-15+. The molecule has 0 saturated carbocycles. The summed E-state index contributed by atoms with van der Waals surface area (Å²) in [6.45, 7) is 3.51. The van der Waals surface area contributed by atoms with E-state index in [2.05, 4.69) is 15.8 Å². The molecular formula is C25H21Cl2N3O5. The number of ether oxygens (including phenoxy) is 2. The van der Waals surface area contributed by atoms with Crippen LogP contribution in [0.4, 0.5) is 5.69 Å². The van der Waals surface area contributed by atoms with E-state index in [1.54, 1.807) is 43.3 Å². The molecule has 2 amide bonds. The highest BCUT2D eigenvalue weighted by Gasteiger charge is 2.16.